The van der Waals surface area contributed by atoms with E-state index in [1.54, 1.807) is 0 Å². The normalized spacial score (nSPS) is 11.2. The molecule has 0 aromatic heterocycles. The van der Waals surface area contributed by atoms with Crippen LogP contribution in [-0.2, 0) is 4.57 Å². The van der Waals surface area contributed by atoms with Crippen LogP contribution in [0.1, 0.15) is 11.1 Å². The Morgan fingerprint density at radius 2 is 1.13 bits per heavy atom. The third kappa shape index (κ3) is 3.38. The summed E-state index contributed by atoms with van der Waals surface area (Å²) in [6.07, 6.45) is 0. The van der Waals surface area contributed by atoms with Gasteiger partial charge in [0.2, 0.25) is 0 Å². The standard InChI is InChI=1S/C20H19O2P/c1-16-13-17(2)15-18(14-16)22-23(21,19-9-5-3-6-10-19)20-11-7-4-8-12-20/h3-15H,1-2H3. The second kappa shape index (κ2) is 6.44. The summed E-state index contributed by atoms with van der Waals surface area (Å²) in [6.45, 7) is 4.02. The first kappa shape index (κ1) is 15.6. The number of rotatable bonds is 4. The van der Waals surface area contributed by atoms with E-state index in [-0.39, 0.29) is 0 Å². The molecule has 3 heteroatoms. The van der Waals surface area contributed by atoms with Gasteiger partial charge in [0, 0.05) is 0 Å². The molecule has 0 fully saturated rings. The van der Waals surface area contributed by atoms with E-state index in [0.29, 0.717) is 16.4 Å². The first-order valence-electron chi connectivity index (χ1n) is 7.57. The number of aryl methyl sites for hydroxylation is 2. The number of hydrogen-bond acceptors (Lipinski definition) is 2. The Bertz CT molecular complexity index is 778. The lowest BCUT2D eigenvalue weighted by Gasteiger charge is -2.21. The van der Waals surface area contributed by atoms with Crippen molar-refractivity contribution in [3.63, 3.8) is 0 Å². The van der Waals surface area contributed by atoms with E-state index >= 15 is 0 Å². The molecule has 3 aromatic carbocycles. The first-order chi connectivity index (χ1) is 11.1. The summed E-state index contributed by atoms with van der Waals surface area (Å²) in [6, 6.07) is 24.7. The molecule has 0 bridgehead atoms. The van der Waals surface area contributed by atoms with Crippen LogP contribution in [0.15, 0.2) is 78.9 Å². The van der Waals surface area contributed by atoms with Crippen molar-refractivity contribution in [1.82, 2.24) is 0 Å². The zero-order chi connectivity index (χ0) is 16.3. The quantitative estimate of drug-likeness (QED) is 0.656. The topological polar surface area (TPSA) is 26.3 Å². The van der Waals surface area contributed by atoms with Crippen LogP contribution < -0.4 is 15.1 Å². The van der Waals surface area contributed by atoms with E-state index in [9.17, 15) is 4.57 Å². The van der Waals surface area contributed by atoms with Gasteiger partial charge in [-0.05, 0) is 61.4 Å². The lowest BCUT2D eigenvalue weighted by atomic mass is 10.1. The van der Waals surface area contributed by atoms with Gasteiger partial charge in [0.15, 0.2) is 0 Å². The Morgan fingerprint density at radius 3 is 1.57 bits per heavy atom. The van der Waals surface area contributed by atoms with Crippen molar-refractivity contribution in [2.45, 2.75) is 13.8 Å². The zero-order valence-corrected chi connectivity index (χ0v) is 14.2. The smallest absolute Gasteiger partial charge is 0.306 e. The molecule has 23 heavy (non-hydrogen) atoms. The third-order valence-corrected chi connectivity index (χ3v) is 6.05. The average molecular weight is 322 g/mol. The van der Waals surface area contributed by atoms with Gasteiger partial charge in [-0.3, -0.25) is 4.57 Å². The Kier molecular flexibility index (Phi) is 4.36. The molecule has 0 aliphatic rings. The Balaban J connectivity index is 2.11. The van der Waals surface area contributed by atoms with Crippen molar-refractivity contribution in [3.8, 4) is 5.75 Å². The highest BCUT2D eigenvalue weighted by Crippen LogP contribution is 2.45. The van der Waals surface area contributed by atoms with E-state index in [4.69, 9.17) is 4.52 Å². The molecule has 0 heterocycles. The van der Waals surface area contributed by atoms with Gasteiger partial charge in [0.1, 0.15) is 5.75 Å². The van der Waals surface area contributed by atoms with Gasteiger partial charge in [0.05, 0.1) is 10.6 Å². The number of hydrogen-bond donors (Lipinski definition) is 0. The fourth-order valence-corrected chi connectivity index (χ4v) is 4.68. The summed E-state index contributed by atoms with van der Waals surface area (Å²) >= 11 is 0. The second-order valence-electron chi connectivity index (χ2n) is 5.64. The van der Waals surface area contributed by atoms with Crippen LogP contribution >= 0.6 is 7.37 Å². The molecule has 3 aromatic rings. The molecule has 0 amide bonds. The van der Waals surface area contributed by atoms with Gasteiger partial charge in [-0.2, -0.15) is 0 Å². The highest BCUT2D eigenvalue weighted by molar-refractivity contribution is 7.74. The molecule has 3 rings (SSSR count). The summed E-state index contributed by atoms with van der Waals surface area (Å²) in [5.41, 5.74) is 2.18. The average Bonchev–Trinajstić information content (AvgIpc) is 2.55. The summed E-state index contributed by atoms with van der Waals surface area (Å²) in [5.74, 6) is 0.638. The SMILES string of the molecule is Cc1cc(C)cc(OP(=O)(c2ccccc2)c2ccccc2)c1. The van der Waals surface area contributed by atoms with E-state index in [1.807, 2.05) is 86.6 Å². The fraction of sp³-hybridized carbons (Fsp3) is 0.100. The molecule has 2 nitrogen and oxygen atoms in total. The minimum absolute atomic E-state index is 0.638. The maximum absolute atomic E-state index is 13.8. The van der Waals surface area contributed by atoms with E-state index in [1.165, 1.54) is 0 Å². The Hall–Kier alpha value is -2.31. The summed E-state index contributed by atoms with van der Waals surface area (Å²) in [4.78, 5) is 0. The van der Waals surface area contributed by atoms with Crippen LogP contribution in [0.3, 0.4) is 0 Å². The molecule has 0 saturated carbocycles. The lowest BCUT2D eigenvalue weighted by Crippen LogP contribution is -2.20. The minimum Gasteiger partial charge on any atom is -0.437 e. The third-order valence-electron chi connectivity index (χ3n) is 3.62. The lowest BCUT2D eigenvalue weighted by molar-refractivity contribution is 0.502. The largest absolute Gasteiger partial charge is 0.437 e. The zero-order valence-electron chi connectivity index (χ0n) is 13.3. The summed E-state index contributed by atoms with van der Waals surface area (Å²) in [5, 5.41) is 1.40. The van der Waals surface area contributed by atoms with Gasteiger partial charge in [-0.1, -0.05) is 42.5 Å². The number of benzene rings is 3. The van der Waals surface area contributed by atoms with Gasteiger partial charge < -0.3 is 4.52 Å². The van der Waals surface area contributed by atoms with Crippen molar-refractivity contribution in [3.05, 3.63) is 90.0 Å². The van der Waals surface area contributed by atoms with Gasteiger partial charge in [-0.25, -0.2) is 0 Å². The molecule has 0 spiro atoms. The van der Waals surface area contributed by atoms with Crippen molar-refractivity contribution in [2.24, 2.45) is 0 Å². The molecule has 0 N–H and O–H groups in total. The van der Waals surface area contributed by atoms with Gasteiger partial charge in [-0.15, -0.1) is 0 Å². The molecule has 0 unspecified atom stereocenters. The molecule has 0 aliphatic heterocycles. The second-order valence-corrected chi connectivity index (χ2v) is 7.96. The van der Waals surface area contributed by atoms with E-state index in [2.05, 4.69) is 6.07 Å². The summed E-state index contributed by atoms with van der Waals surface area (Å²) in [7, 11) is -3.19. The monoisotopic (exact) mass is 322 g/mol. The van der Waals surface area contributed by atoms with Crippen LogP contribution in [0.25, 0.3) is 0 Å². The van der Waals surface area contributed by atoms with Gasteiger partial charge >= 0.3 is 7.37 Å². The Morgan fingerprint density at radius 1 is 0.696 bits per heavy atom. The van der Waals surface area contributed by atoms with Crippen molar-refractivity contribution in [2.75, 3.05) is 0 Å². The van der Waals surface area contributed by atoms with Crippen LogP contribution in [0.2, 0.25) is 0 Å². The molecular formula is C20H19O2P. The minimum atomic E-state index is -3.19. The van der Waals surface area contributed by atoms with Crippen LogP contribution in [0.5, 0.6) is 5.75 Å². The van der Waals surface area contributed by atoms with Crippen molar-refractivity contribution in [1.29, 1.82) is 0 Å². The molecular weight excluding hydrogens is 303 g/mol. The highest BCUT2D eigenvalue weighted by atomic mass is 31.2. The molecule has 116 valence electrons. The predicted octanol–water partition coefficient (Wildman–Crippen LogP) is 4.61. The van der Waals surface area contributed by atoms with Crippen LogP contribution in [-0.4, -0.2) is 0 Å². The van der Waals surface area contributed by atoms with Crippen LogP contribution in [0, 0.1) is 13.8 Å². The molecule has 0 aliphatic carbocycles. The van der Waals surface area contributed by atoms with Crippen LogP contribution in [0.4, 0.5) is 0 Å². The summed E-state index contributed by atoms with van der Waals surface area (Å²) < 4.78 is 19.9. The van der Waals surface area contributed by atoms with Crippen molar-refractivity contribution >= 4 is 18.0 Å². The highest BCUT2D eigenvalue weighted by Gasteiger charge is 2.30. The molecule has 0 radical (unpaired) electrons. The maximum Gasteiger partial charge on any atom is 0.306 e. The maximum atomic E-state index is 13.8. The van der Waals surface area contributed by atoms with E-state index in [0.717, 1.165) is 11.1 Å². The molecule has 0 atom stereocenters. The van der Waals surface area contributed by atoms with Crippen molar-refractivity contribution < 1.29 is 9.09 Å². The fourth-order valence-electron chi connectivity index (χ4n) is 2.64. The first-order valence-corrected chi connectivity index (χ1v) is 9.19. The predicted molar refractivity (Wildman–Crippen MR) is 96.3 cm³/mol. The van der Waals surface area contributed by atoms with Gasteiger partial charge in [0.25, 0.3) is 0 Å². The Labute approximate surface area is 137 Å². The molecule has 0 saturated heterocycles. The van der Waals surface area contributed by atoms with E-state index < -0.39 is 7.37 Å².